The molecule has 0 saturated carbocycles. The summed E-state index contributed by atoms with van der Waals surface area (Å²) in [4.78, 5) is 15.3. The van der Waals surface area contributed by atoms with Crippen LogP contribution >= 0.6 is 23.5 Å². The van der Waals surface area contributed by atoms with Crippen LogP contribution in [-0.4, -0.2) is 15.2 Å². The number of thioether (sulfide) groups is 2. The van der Waals surface area contributed by atoms with Gasteiger partial charge >= 0.3 is 51.4 Å². The average Bonchev–Trinajstić information content (AvgIpc) is 2.85. The van der Waals surface area contributed by atoms with Crippen molar-refractivity contribution >= 4 is 33.0 Å². The van der Waals surface area contributed by atoms with Crippen LogP contribution in [0.5, 0.6) is 0 Å². The molecule has 1 aliphatic heterocycles. The molecule has 0 bridgehead atoms. The molecule has 0 aromatic rings. The third kappa shape index (κ3) is 10.9. The van der Waals surface area contributed by atoms with Gasteiger partial charge in [-0.1, -0.05) is 76.5 Å². The quantitative estimate of drug-likeness (QED) is 0.240. The SMILES string of the molecule is CCCCCCCCCCCCSC1=N/C(=C/[O-])C(=O)S1.[K+]. The van der Waals surface area contributed by atoms with Crippen LogP contribution in [0, 0.1) is 0 Å². The molecule has 3 nitrogen and oxygen atoms in total. The van der Waals surface area contributed by atoms with Gasteiger partial charge in [0, 0.05) is 5.75 Å². The van der Waals surface area contributed by atoms with Crippen LogP contribution in [0.4, 0.5) is 0 Å². The molecule has 0 spiro atoms. The van der Waals surface area contributed by atoms with Crippen LogP contribution in [0.1, 0.15) is 71.1 Å². The molecule has 0 amide bonds. The Bertz CT molecular complexity index is 373. The Balaban J connectivity index is 0.00000441. The van der Waals surface area contributed by atoms with E-state index < -0.39 is 0 Å². The fraction of sp³-hybridized carbons (Fsp3) is 0.750. The zero-order valence-electron chi connectivity index (χ0n) is 13.9. The molecule has 22 heavy (non-hydrogen) atoms. The van der Waals surface area contributed by atoms with Crippen LogP contribution in [-0.2, 0) is 4.79 Å². The number of unbranched alkanes of at least 4 members (excludes halogenated alkanes) is 9. The Morgan fingerprint density at radius 3 is 2.09 bits per heavy atom. The maximum Gasteiger partial charge on any atom is 1.00 e. The molecule has 1 aliphatic rings. The van der Waals surface area contributed by atoms with Crippen molar-refractivity contribution in [1.82, 2.24) is 0 Å². The van der Waals surface area contributed by atoms with Gasteiger partial charge in [0.25, 0.3) is 0 Å². The minimum absolute atomic E-state index is 0. The second kappa shape index (κ2) is 15.7. The predicted molar refractivity (Wildman–Crippen MR) is 92.4 cm³/mol. The smallest absolute Gasteiger partial charge is 0.876 e. The topological polar surface area (TPSA) is 52.5 Å². The molecule has 120 valence electrons. The minimum Gasteiger partial charge on any atom is -0.876 e. The van der Waals surface area contributed by atoms with E-state index in [4.69, 9.17) is 0 Å². The zero-order chi connectivity index (χ0) is 15.3. The Labute approximate surface area is 186 Å². The van der Waals surface area contributed by atoms with E-state index in [-0.39, 0.29) is 62.2 Å². The van der Waals surface area contributed by atoms with Gasteiger partial charge in [-0.15, -0.1) is 6.26 Å². The van der Waals surface area contributed by atoms with Crippen molar-refractivity contribution in [3.05, 3.63) is 12.0 Å². The number of nitrogens with zero attached hydrogens (tertiary/aromatic N) is 1. The van der Waals surface area contributed by atoms with Crippen molar-refractivity contribution in [2.75, 3.05) is 5.75 Å². The van der Waals surface area contributed by atoms with Gasteiger partial charge in [-0.3, -0.25) is 4.79 Å². The van der Waals surface area contributed by atoms with E-state index in [0.29, 0.717) is 6.26 Å². The van der Waals surface area contributed by atoms with Gasteiger partial charge < -0.3 is 5.11 Å². The first-order valence-corrected chi connectivity index (χ1v) is 9.84. The van der Waals surface area contributed by atoms with Gasteiger partial charge in [0.05, 0.1) is 0 Å². The molecule has 0 N–H and O–H groups in total. The summed E-state index contributed by atoms with van der Waals surface area (Å²) in [7, 11) is 0. The molecule has 0 aromatic heterocycles. The van der Waals surface area contributed by atoms with Crippen molar-refractivity contribution in [2.45, 2.75) is 71.1 Å². The van der Waals surface area contributed by atoms with Gasteiger partial charge in [-0.25, -0.2) is 4.99 Å². The first kappa shape index (κ1) is 23.2. The summed E-state index contributed by atoms with van der Waals surface area (Å²) in [6.45, 7) is 2.25. The number of carbonyl (C=O) groups excluding carboxylic acids is 1. The van der Waals surface area contributed by atoms with E-state index >= 15 is 0 Å². The first-order chi connectivity index (χ1) is 10.3. The second-order valence-corrected chi connectivity index (χ2v) is 7.60. The molecule has 0 aliphatic carbocycles. The second-order valence-electron chi connectivity index (χ2n) is 5.30. The van der Waals surface area contributed by atoms with E-state index in [1.54, 1.807) is 11.8 Å². The van der Waals surface area contributed by atoms with Crippen LogP contribution in [0.3, 0.4) is 0 Å². The molecule has 0 unspecified atom stereocenters. The van der Waals surface area contributed by atoms with Gasteiger partial charge in [0.1, 0.15) is 10.1 Å². The van der Waals surface area contributed by atoms with E-state index in [1.807, 2.05) is 0 Å². The van der Waals surface area contributed by atoms with Crippen LogP contribution in [0.15, 0.2) is 17.0 Å². The fourth-order valence-electron chi connectivity index (χ4n) is 2.18. The molecule has 6 heteroatoms. The molecular formula is C16H26KNO2S2. The van der Waals surface area contributed by atoms with Gasteiger partial charge in [-0.2, -0.15) is 0 Å². The summed E-state index contributed by atoms with van der Waals surface area (Å²) < 4.78 is 0.734. The number of hydrogen-bond acceptors (Lipinski definition) is 5. The van der Waals surface area contributed by atoms with E-state index in [1.165, 1.54) is 57.8 Å². The molecule has 1 rings (SSSR count). The van der Waals surface area contributed by atoms with Crippen molar-refractivity contribution in [2.24, 2.45) is 4.99 Å². The summed E-state index contributed by atoms with van der Waals surface area (Å²) in [5.41, 5.74) is 0.0607. The maximum atomic E-state index is 11.3. The number of aliphatic imine (C=N–C) groups is 1. The Morgan fingerprint density at radius 2 is 1.59 bits per heavy atom. The number of rotatable bonds is 11. The third-order valence-electron chi connectivity index (χ3n) is 3.44. The summed E-state index contributed by atoms with van der Waals surface area (Å²) >= 11 is 2.68. The third-order valence-corrected chi connectivity index (χ3v) is 5.53. The minimum atomic E-state index is -0.212. The van der Waals surface area contributed by atoms with Crippen LogP contribution in [0.25, 0.3) is 0 Å². The van der Waals surface area contributed by atoms with Crippen molar-refractivity contribution in [1.29, 1.82) is 0 Å². The molecule has 1 heterocycles. The maximum absolute atomic E-state index is 11.3. The number of carbonyl (C=O) groups is 1. The predicted octanol–water partition coefficient (Wildman–Crippen LogP) is 1.48. The molecule has 0 atom stereocenters. The molecule has 0 radical (unpaired) electrons. The zero-order valence-corrected chi connectivity index (χ0v) is 18.7. The molecule has 0 fully saturated rings. The monoisotopic (exact) mass is 367 g/mol. The molecule has 0 saturated heterocycles. The normalized spacial score (nSPS) is 16.0. The van der Waals surface area contributed by atoms with E-state index in [0.717, 1.165) is 28.3 Å². The van der Waals surface area contributed by atoms with E-state index in [9.17, 15) is 9.90 Å². The van der Waals surface area contributed by atoms with E-state index in [2.05, 4.69) is 11.9 Å². The summed E-state index contributed by atoms with van der Waals surface area (Å²) in [6, 6.07) is 0. The van der Waals surface area contributed by atoms with Crippen molar-refractivity contribution < 1.29 is 61.3 Å². The average molecular weight is 368 g/mol. The standard InChI is InChI=1S/C16H27NO2S2.K/c1-2-3-4-5-6-7-8-9-10-11-12-20-16-17-14(13-18)15(19)21-16;/h13,18H,2-12H2,1H3;/q;+1/p-1/b14-13+;. The summed E-state index contributed by atoms with van der Waals surface area (Å²) in [5.74, 6) is 0.988. The Kier molecular flexibility index (Phi) is 16.6. The number of hydrogen-bond donors (Lipinski definition) is 0. The van der Waals surface area contributed by atoms with Crippen LogP contribution < -0.4 is 56.5 Å². The summed E-state index contributed by atoms with van der Waals surface area (Å²) in [6.07, 6.45) is 13.8. The van der Waals surface area contributed by atoms with Gasteiger partial charge in [-0.05, 0) is 18.2 Å². The molecular weight excluding hydrogens is 341 g/mol. The van der Waals surface area contributed by atoms with Gasteiger partial charge in [0.2, 0.25) is 5.12 Å². The van der Waals surface area contributed by atoms with Crippen molar-refractivity contribution in [3.8, 4) is 0 Å². The Hall–Kier alpha value is 1.22. The molecule has 0 aromatic carbocycles. The summed E-state index contributed by atoms with van der Waals surface area (Å²) in [5, 5.41) is 10.3. The van der Waals surface area contributed by atoms with Crippen molar-refractivity contribution in [3.63, 3.8) is 0 Å². The Morgan fingerprint density at radius 1 is 1.05 bits per heavy atom. The first-order valence-electron chi connectivity index (χ1n) is 8.03. The van der Waals surface area contributed by atoms with Gasteiger partial charge in [0.15, 0.2) is 0 Å². The fourth-order valence-corrected chi connectivity index (χ4v) is 4.08. The van der Waals surface area contributed by atoms with Crippen LogP contribution in [0.2, 0.25) is 0 Å². The largest absolute Gasteiger partial charge is 1.00 e.